The highest BCUT2D eigenvalue weighted by atomic mass is 32.2. The standard InChI is InChI=1S/C19H26N2O4S/c1-4-24-11-5-10-20-18(22)13-26-12-17-14(2)25-19(21-17)15-6-8-16(23-3)9-7-15/h6-9H,4-5,10-13H2,1-3H3,(H,20,22). The van der Waals surface area contributed by atoms with E-state index in [9.17, 15) is 4.79 Å². The molecule has 1 aromatic heterocycles. The molecule has 2 rings (SSSR count). The summed E-state index contributed by atoms with van der Waals surface area (Å²) in [7, 11) is 1.63. The highest BCUT2D eigenvalue weighted by Crippen LogP contribution is 2.25. The lowest BCUT2D eigenvalue weighted by Crippen LogP contribution is -2.27. The maximum absolute atomic E-state index is 11.8. The molecule has 0 radical (unpaired) electrons. The Bertz CT molecular complexity index is 685. The van der Waals surface area contributed by atoms with Crippen molar-refractivity contribution in [1.82, 2.24) is 10.3 Å². The molecule has 26 heavy (non-hydrogen) atoms. The van der Waals surface area contributed by atoms with Crippen molar-refractivity contribution in [3.8, 4) is 17.2 Å². The second-order valence-electron chi connectivity index (χ2n) is 5.64. The Morgan fingerprint density at radius 2 is 2.08 bits per heavy atom. The van der Waals surface area contributed by atoms with Gasteiger partial charge in [0, 0.05) is 31.1 Å². The zero-order chi connectivity index (χ0) is 18.8. The molecule has 1 amide bonds. The minimum Gasteiger partial charge on any atom is -0.497 e. The van der Waals surface area contributed by atoms with Crippen molar-refractivity contribution >= 4 is 17.7 Å². The van der Waals surface area contributed by atoms with Crippen LogP contribution < -0.4 is 10.1 Å². The second kappa shape index (κ2) is 10.9. The lowest BCUT2D eigenvalue weighted by Gasteiger charge is -2.04. The maximum Gasteiger partial charge on any atom is 0.230 e. The van der Waals surface area contributed by atoms with Gasteiger partial charge in [0.1, 0.15) is 11.5 Å². The summed E-state index contributed by atoms with van der Waals surface area (Å²) in [4.78, 5) is 16.4. The van der Waals surface area contributed by atoms with Gasteiger partial charge < -0.3 is 19.2 Å². The molecule has 0 aliphatic rings. The largest absolute Gasteiger partial charge is 0.497 e. The van der Waals surface area contributed by atoms with Gasteiger partial charge in [0.05, 0.1) is 18.6 Å². The number of oxazole rings is 1. The van der Waals surface area contributed by atoms with Crippen LogP contribution in [0.2, 0.25) is 0 Å². The van der Waals surface area contributed by atoms with Crippen LogP contribution >= 0.6 is 11.8 Å². The average Bonchev–Trinajstić information content (AvgIpc) is 3.02. The summed E-state index contributed by atoms with van der Waals surface area (Å²) in [5, 5.41) is 2.89. The Balaban J connectivity index is 1.77. The van der Waals surface area contributed by atoms with Crippen molar-refractivity contribution in [2.24, 2.45) is 0 Å². The minimum atomic E-state index is 0.0306. The molecule has 1 N–H and O–H groups in total. The van der Waals surface area contributed by atoms with Gasteiger partial charge in [-0.15, -0.1) is 11.8 Å². The van der Waals surface area contributed by atoms with E-state index in [0.717, 1.165) is 29.2 Å². The molecule has 1 heterocycles. The number of thioether (sulfide) groups is 1. The van der Waals surface area contributed by atoms with Gasteiger partial charge in [0.15, 0.2) is 0 Å². The molecule has 7 heteroatoms. The number of carbonyl (C=O) groups excluding carboxylic acids is 1. The van der Waals surface area contributed by atoms with E-state index >= 15 is 0 Å². The number of nitrogens with one attached hydrogen (secondary N) is 1. The van der Waals surface area contributed by atoms with Crippen LogP contribution in [-0.4, -0.2) is 43.5 Å². The molecular formula is C19H26N2O4S. The highest BCUT2D eigenvalue weighted by Gasteiger charge is 2.12. The minimum absolute atomic E-state index is 0.0306. The normalized spacial score (nSPS) is 10.7. The van der Waals surface area contributed by atoms with Gasteiger partial charge in [-0.2, -0.15) is 0 Å². The molecule has 142 valence electrons. The maximum atomic E-state index is 11.8. The number of methoxy groups -OCH3 is 1. The third kappa shape index (κ3) is 6.38. The fraction of sp³-hybridized carbons (Fsp3) is 0.474. The smallest absolute Gasteiger partial charge is 0.230 e. The third-order valence-corrected chi connectivity index (χ3v) is 4.64. The number of benzene rings is 1. The summed E-state index contributed by atoms with van der Waals surface area (Å²) < 4.78 is 16.1. The predicted octanol–water partition coefficient (Wildman–Crippen LogP) is 3.43. The SMILES string of the molecule is CCOCCCNC(=O)CSCc1nc(-c2ccc(OC)cc2)oc1C. The summed E-state index contributed by atoms with van der Waals surface area (Å²) in [5.41, 5.74) is 1.77. The molecule has 1 aromatic carbocycles. The molecule has 0 aliphatic carbocycles. The van der Waals surface area contributed by atoms with Gasteiger partial charge in [-0.1, -0.05) is 0 Å². The van der Waals surface area contributed by atoms with Crippen molar-refractivity contribution in [3.63, 3.8) is 0 Å². The van der Waals surface area contributed by atoms with E-state index in [1.807, 2.05) is 38.1 Å². The second-order valence-corrected chi connectivity index (χ2v) is 6.63. The van der Waals surface area contributed by atoms with E-state index in [2.05, 4.69) is 10.3 Å². The van der Waals surface area contributed by atoms with Crippen LogP contribution in [-0.2, 0) is 15.3 Å². The summed E-state index contributed by atoms with van der Waals surface area (Å²) in [6.07, 6.45) is 0.831. The topological polar surface area (TPSA) is 73.6 Å². The Kier molecular flexibility index (Phi) is 8.50. The number of rotatable bonds is 11. The van der Waals surface area contributed by atoms with Crippen molar-refractivity contribution < 1.29 is 18.7 Å². The highest BCUT2D eigenvalue weighted by molar-refractivity contribution is 7.99. The lowest BCUT2D eigenvalue weighted by atomic mass is 10.2. The van der Waals surface area contributed by atoms with Crippen LogP contribution in [0.5, 0.6) is 5.75 Å². The van der Waals surface area contributed by atoms with Gasteiger partial charge in [-0.05, 0) is 44.5 Å². The van der Waals surface area contributed by atoms with Crippen molar-refractivity contribution in [1.29, 1.82) is 0 Å². The van der Waals surface area contributed by atoms with E-state index in [1.54, 1.807) is 7.11 Å². The van der Waals surface area contributed by atoms with Crippen LogP contribution in [0.15, 0.2) is 28.7 Å². The molecule has 0 unspecified atom stereocenters. The number of amides is 1. The van der Waals surface area contributed by atoms with Crippen molar-refractivity contribution in [2.45, 2.75) is 26.0 Å². The number of ether oxygens (including phenoxy) is 2. The molecule has 6 nitrogen and oxygen atoms in total. The number of nitrogens with zero attached hydrogens (tertiary/aromatic N) is 1. The predicted molar refractivity (Wildman–Crippen MR) is 104 cm³/mol. The van der Waals surface area contributed by atoms with Crippen LogP contribution in [0.25, 0.3) is 11.5 Å². The molecule has 0 saturated heterocycles. The van der Waals surface area contributed by atoms with Crippen LogP contribution in [0.4, 0.5) is 0 Å². The fourth-order valence-corrected chi connectivity index (χ4v) is 3.11. The fourth-order valence-electron chi connectivity index (χ4n) is 2.26. The first-order valence-electron chi connectivity index (χ1n) is 8.67. The Morgan fingerprint density at radius 1 is 1.31 bits per heavy atom. The molecule has 0 spiro atoms. The van der Waals surface area contributed by atoms with Crippen molar-refractivity contribution in [3.05, 3.63) is 35.7 Å². The molecule has 0 bridgehead atoms. The summed E-state index contributed by atoms with van der Waals surface area (Å²) >= 11 is 1.53. The zero-order valence-corrected chi connectivity index (χ0v) is 16.4. The summed E-state index contributed by atoms with van der Waals surface area (Å²) in [6, 6.07) is 7.58. The van der Waals surface area contributed by atoms with Gasteiger partial charge in [0.25, 0.3) is 0 Å². The number of hydrogen-bond donors (Lipinski definition) is 1. The zero-order valence-electron chi connectivity index (χ0n) is 15.5. The number of aryl methyl sites for hydroxylation is 1. The van der Waals surface area contributed by atoms with E-state index in [1.165, 1.54) is 11.8 Å². The van der Waals surface area contributed by atoms with Gasteiger partial charge in [0.2, 0.25) is 11.8 Å². The van der Waals surface area contributed by atoms with E-state index in [0.29, 0.717) is 37.2 Å². The molecule has 0 atom stereocenters. The summed E-state index contributed by atoms with van der Waals surface area (Å²) in [5.74, 6) is 3.22. The first kappa shape index (κ1) is 20.3. The van der Waals surface area contributed by atoms with E-state index in [-0.39, 0.29) is 5.91 Å². The lowest BCUT2D eigenvalue weighted by molar-refractivity contribution is -0.118. The third-order valence-electron chi connectivity index (χ3n) is 3.69. The molecule has 0 aliphatic heterocycles. The quantitative estimate of drug-likeness (QED) is 0.604. The number of carbonyl (C=O) groups is 1. The Morgan fingerprint density at radius 3 is 2.77 bits per heavy atom. The number of aromatic nitrogens is 1. The molecular weight excluding hydrogens is 352 g/mol. The Hall–Kier alpha value is -1.99. The summed E-state index contributed by atoms with van der Waals surface area (Å²) in [6.45, 7) is 5.88. The van der Waals surface area contributed by atoms with Crippen LogP contribution in [0.1, 0.15) is 24.8 Å². The van der Waals surface area contributed by atoms with Crippen LogP contribution in [0.3, 0.4) is 0 Å². The van der Waals surface area contributed by atoms with Crippen molar-refractivity contribution in [2.75, 3.05) is 32.6 Å². The van der Waals surface area contributed by atoms with Gasteiger partial charge in [-0.25, -0.2) is 4.98 Å². The van der Waals surface area contributed by atoms with E-state index in [4.69, 9.17) is 13.9 Å². The number of hydrogen-bond acceptors (Lipinski definition) is 6. The molecule has 2 aromatic rings. The van der Waals surface area contributed by atoms with Gasteiger partial charge >= 0.3 is 0 Å². The van der Waals surface area contributed by atoms with Crippen LogP contribution in [0, 0.1) is 6.92 Å². The first-order valence-corrected chi connectivity index (χ1v) is 9.82. The Labute approximate surface area is 158 Å². The molecule has 0 fully saturated rings. The monoisotopic (exact) mass is 378 g/mol. The first-order chi connectivity index (χ1) is 12.6. The molecule has 0 saturated carbocycles. The van der Waals surface area contributed by atoms with E-state index < -0.39 is 0 Å². The average molecular weight is 378 g/mol. The van der Waals surface area contributed by atoms with Gasteiger partial charge in [-0.3, -0.25) is 4.79 Å².